The lowest BCUT2D eigenvalue weighted by Gasteiger charge is -2.36. The van der Waals surface area contributed by atoms with Gasteiger partial charge >= 0.3 is 12.0 Å². The largest absolute Gasteiger partial charge is 0.480 e. The Bertz CT molecular complexity index is 1660. The van der Waals surface area contributed by atoms with E-state index >= 15 is 0 Å². The van der Waals surface area contributed by atoms with Gasteiger partial charge in [0.15, 0.2) is 0 Å². The highest BCUT2D eigenvalue weighted by atomic mass is 16.4. The predicted octanol–water partition coefficient (Wildman–Crippen LogP) is 4.16. The van der Waals surface area contributed by atoms with E-state index in [0.29, 0.717) is 6.42 Å². The zero-order chi connectivity index (χ0) is 27.4. The Morgan fingerprint density at radius 1 is 1.00 bits per heavy atom. The van der Waals surface area contributed by atoms with Gasteiger partial charge in [0.25, 0.3) is 11.8 Å². The monoisotopic (exact) mass is 522 g/mol. The van der Waals surface area contributed by atoms with Crippen molar-refractivity contribution < 1.29 is 24.3 Å². The zero-order valence-corrected chi connectivity index (χ0v) is 21.3. The summed E-state index contributed by atoms with van der Waals surface area (Å²) >= 11 is 0. The van der Waals surface area contributed by atoms with Gasteiger partial charge in [-0.15, -0.1) is 0 Å². The highest BCUT2D eigenvalue weighted by Crippen LogP contribution is 2.45. The lowest BCUT2D eigenvalue weighted by molar-refractivity contribution is -0.138. The van der Waals surface area contributed by atoms with Crippen molar-refractivity contribution in [2.45, 2.75) is 38.4 Å². The summed E-state index contributed by atoms with van der Waals surface area (Å²) in [7, 11) is 0. The number of hydrogen-bond donors (Lipinski definition) is 3. The number of aromatic nitrogens is 1. The number of carbonyl (C=O) groups excluding carboxylic acids is 3. The van der Waals surface area contributed by atoms with Crippen LogP contribution in [0.1, 0.15) is 45.7 Å². The molecule has 9 heteroatoms. The van der Waals surface area contributed by atoms with Crippen LogP contribution < -0.4 is 10.2 Å². The average Bonchev–Trinajstić information content (AvgIpc) is 3.42. The molecule has 6 rings (SSSR count). The summed E-state index contributed by atoms with van der Waals surface area (Å²) in [5, 5.41) is 12.7. The lowest BCUT2D eigenvalue weighted by Crippen LogP contribution is -2.44. The van der Waals surface area contributed by atoms with Crippen LogP contribution >= 0.6 is 0 Å². The molecule has 1 fully saturated rings. The Balaban J connectivity index is 1.46. The van der Waals surface area contributed by atoms with E-state index < -0.39 is 41.9 Å². The number of urea groups is 1. The van der Waals surface area contributed by atoms with Crippen molar-refractivity contribution in [3.8, 4) is 0 Å². The summed E-state index contributed by atoms with van der Waals surface area (Å²) in [6.45, 7) is 3.33. The molecule has 0 bridgehead atoms. The number of aromatic amines is 1. The minimum Gasteiger partial charge on any atom is -0.480 e. The molecule has 1 unspecified atom stereocenters. The third-order valence-electron chi connectivity index (χ3n) is 7.55. The molecule has 3 atom stereocenters. The number of carboxylic acids is 1. The minimum atomic E-state index is -1.19. The van der Waals surface area contributed by atoms with E-state index in [1.807, 2.05) is 55.5 Å². The molecule has 2 aliphatic heterocycles. The Morgan fingerprint density at radius 3 is 2.44 bits per heavy atom. The molecule has 196 valence electrons. The molecule has 0 saturated carbocycles. The van der Waals surface area contributed by atoms with E-state index in [1.54, 1.807) is 17.0 Å². The first-order valence-corrected chi connectivity index (χ1v) is 12.7. The molecule has 3 N–H and O–H groups in total. The normalized spacial score (nSPS) is 19.1. The first-order chi connectivity index (χ1) is 18.8. The molecule has 3 heterocycles. The van der Waals surface area contributed by atoms with Crippen molar-refractivity contribution in [2.24, 2.45) is 0 Å². The fraction of sp³-hybridized carbons (Fsp3) is 0.200. The maximum absolute atomic E-state index is 14.1. The summed E-state index contributed by atoms with van der Waals surface area (Å²) in [6.07, 6.45) is 0.327. The fourth-order valence-electron chi connectivity index (χ4n) is 5.59. The fourth-order valence-corrected chi connectivity index (χ4v) is 5.59. The first kappa shape index (κ1) is 24.4. The van der Waals surface area contributed by atoms with Crippen molar-refractivity contribution in [1.82, 2.24) is 15.2 Å². The van der Waals surface area contributed by atoms with Crippen LogP contribution in [0.15, 0.2) is 72.8 Å². The highest BCUT2D eigenvalue weighted by molar-refractivity contribution is 6.24. The van der Waals surface area contributed by atoms with E-state index in [4.69, 9.17) is 0 Å². The number of carbonyl (C=O) groups is 4. The van der Waals surface area contributed by atoms with Gasteiger partial charge < -0.3 is 15.4 Å². The minimum absolute atomic E-state index is 0.0444. The summed E-state index contributed by atoms with van der Waals surface area (Å²) in [5.41, 5.74) is 4.89. The van der Waals surface area contributed by atoms with Crippen molar-refractivity contribution >= 4 is 40.4 Å². The van der Waals surface area contributed by atoms with Crippen molar-refractivity contribution in [3.05, 3.63) is 101 Å². The number of imide groups is 1. The van der Waals surface area contributed by atoms with Crippen LogP contribution in [0.5, 0.6) is 0 Å². The summed E-state index contributed by atoms with van der Waals surface area (Å²) in [5.74, 6) is -2.31. The molecule has 9 nitrogen and oxygen atoms in total. The number of fused-ring (bicyclic) bond motifs is 4. The molecule has 4 amide bonds. The lowest BCUT2D eigenvalue weighted by atomic mass is 9.88. The summed E-state index contributed by atoms with van der Waals surface area (Å²) in [6, 6.07) is 19.0. The molecule has 0 aliphatic carbocycles. The molecule has 0 spiro atoms. The van der Waals surface area contributed by atoms with Gasteiger partial charge in [-0.2, -0.15) is 0 Å². The average molecular weight is 523 g/mol. The van der Waals surface area contributed by atoms with Crippen LogP contribution in [0.25, 0.3) is 10.9 Å². The van der Waals surface area contributed by atoms with E-state index in [2.05, 4.69) is 10.3 Å². The summed E-state index contributed by atoms with van der Waals surface area (Å²) < 4.78 is 0. The molecule has 1 aromatic heterocycles. The van der Waals surface area contributed by atoms with Crippen LogP contribution in [-0.2, 0) is 16.0 Å². The van der Waals surface area contributed by atoms with Crippen molar-refractivity contribution in [1.29, 1.82) is 0 Å². The SMILES string of the molecule is Cc1ccc(C2c3[nH]c4ccccc4c3C[C@H]3C(=O)N(c4ccccc4C(=O)N[C@@H](C)C(=O)O)C(=O)N23)cc1. The van der Waals surface area contributed by atoms with Crippen LogP contribution in [-0.4, -0.2) is 50.9 Å². The number of amides is 4. The number of para-hydroxylation sites is 2. The van der Waals surface area contributed by atoms with Gasteiger partial charge in [0.2, 0.25) is 0 Å². The van der Waals surface area contributed by atoms with Gasteiger partial charge in [-0.25, -0.2) is 9.69 Å². The zero-order valence-electron chi connectivity index (χ0n) is 21.3. The van der Waals surface area contributed by atoms with Gasteiger partial charge in [-0.05, 0) is 43.2 Å². The second kappa shape index (κ2) is 9.13. The molecule has 0 radical (unpaired) electrons. The number of aryl methyl sites for hydroxylation is 1. The van der Waals surface area contributed by atoms with E-state index in [-0.39, 0.29) is 11.3 Å². The maximum Gasteiger partial charge on any atom is 0.332 e. The number of rotatable bonds is 5. The Kier molecular flexibility index (Phi) is 5.71. The molecular weight excluding hydrogens is 496 g/mol. The van der Waals surface area contributed by atoms with Crippen LogP contribution in [0.4, 0.5) is 10.5 Å². The number of benzene rings is 3. The number of H-pyrrole nitrogens is 1. The van der Waals surface area contributed by atoms with Crippen molar-refractivity contribution in [3.63, 3.8) is 0 Å². The summed E-state index contributed by atoms with van der Waals surface area (Å²) in [4.78, 5) is 58.6. The number of nitrogens with zero attached hydrogens (tertiary/aromatic N) is 2. The molecule has 1 saturated heterocycles. The van der Waals surface area contributed by atoms with E-state index in [0.717, 1.165) is 38.2 Å². The third kappa shape index (κ3) is 3.85. The molecular formula is C30H26N4O5. The standard InChI is InChI=1S/C30H26N4O5/c1-16-11-13-18(14-12-16)26-25-21(19-7-3-5-9-22(19)32-25)15-24-28(36)34(30(39)33(24)26)23-10-6-4-8-20(23)27(35)31-17(2)29(37)38/h3-14,17,24,26,32H,15H2,1-2H3,(H,31,35)(H,37,38)/t17-,24-,26?/m0/s1. The van der Waals surface area contributed by atoms with Crippen LogP contribution in [0.2, 0.25) is 0 Å². The molecule has 39 heavy (non-hydrogen) atoms. The first-order valence-electron chi connectivity index (χ1n) is 12.7. The van der Waals surface area contributed by atoms with Gasteiger partial charge in [0.05, 0.1) is 11.3 Å². The van der Waals surface area contributed by atoms with E-state index in [1.165, 1.54) is 19.1 Å². The smallest absolute Gasteiger partial charge is 0.332 e. The maximum atomic E-state index is 14.1. The Hall–Kier alpha value is -4.92. The Labute approximate surface area is 224 Å². The molecule has 4 aromatic rings. The highest BCUT2D eigenvalue weighted by Gasteiger charge is 2.53. The van der Waals surface area contributed by atoms with Gasteiger partial charge in [-0.3, -0.25) is 19.3 Å². The number of hydrogen-bond acceptors (Lipinski definition) is 4. The predicted molar refractivity (Wildman–Crippen MR) is 145 cm³/mol. The van der Waals surface area contributed by atoms with Crippen LogP contribution in [0.3, 0.4) is 0 Å². The quantitative estimate of drug-likeness (QED) is 0.340. The number of aliphatic carboxylic acids is 1. The second-order valence-corrected chi connectivity index (χ2v) is 10.0. The molecule has 2 aliphatic rings. The van der Waals surface area contributed by atoms with Gasteiger partial charge in [-0.1, -0.05) is 60.2 Å². The van der Waals surface area contributed by atoms with Gasteiger partial charge in [0.1, 0.15) is 18.1 Å². The number of carboxylic acid groups (broad SMARTS) is 1. The van der Waals surface area contributed by atoms with E-state index in [9.17, 15) is 24.3 Å². The van der Waals surface area contributed by atoms with Crippen molar-refractivity contribution in [2.75, 3.05) is 4.90 Å². The van der Waals surface area contributed by atoms with Crippen LogP contribution in [0, 0.1) is 6.92 Å². The number of anilines is 1. The topological polar surface area (TPSA) is 123 Å². The number of nitrogens with one attached hydrogen (secondary N) is 2. The Morgan fingerprint density at radius 2 is 1.69 bits per heavy atom. The molecule has 3 aromatic carbocycles. The van der Waals surface area contributed by atoms with Gasteiger partial charge in [0, 0.05) is 23.0 Å². The second-order valence-electron chi connectivity index (χ2n) is 10.0. The third-order valence-corrected chi connectivity index (χ3v) is 7.55.